The molecule has 10 heavy (non-hydrogen) atoms. The Hall–Kier alpha value is -1.32. The Labute approximate surface area is 59.2 Å². The van der Waals surface area contributed by atoms with E-state index in [4.69, 9.17) is 11.1 Å². The monoisotopic (exact) mass is 137 g/mol. The lowest BCUT2D eigenvalue weighted by Gasteiger charge is -1.95. The highest BCUT2D eigenvalue weighted by molar-refractivity contribution is 5.76. The summed E-state index contributed by atoms with van der Waals surface area (Å²) in [6, 6.07) is 1.84. The fraction of sp³-hybridized carbons (Fsp3) is 0.333. The Balaban J connectivity index is 3.15. The van der Waals surface area contributed by atoms with Gasteiger partial charge in [-0.3, -0.25) is 11.1 Å². The van der Waals surface area contributed by atoms with Gasteiger partial charge in [-0.05, 0) is 19.9 Å². The molecule has 1 aromatic rings. The molecule has 53 valence electrons. The van der Waals surface area contributed by atoms with Gasteiger partial charge in [0.1, 0.15) is 0 Å². The van der Waals surface area contributed by atoms with Gasteiger partial charge >= 0.3 is 0 Å². The summed E-state index contributed by atoms with van der Waals surface area (Å²) in [7, 11) is 0. The van der Waals surface area contributed by atoms with Crippen molar-refractivity contribution in [3.63, 3.8) is 0 Å². The minimum Gasteiger partial charge on any atom is -0.266 e. The smallest absolute Gasteiger partial charge is 0.235 e. The van der Waals surface area contributed by atoms with Gasteiger partial charge in [0.25, 0.3) is 0 Å². The summed E-state index contributed by atoms with van der Waals surface area (Å²) >= 11 is 0. The molecule has 1 aromatic heterocycles. The topological polar surface area (TPSA) is 65.5 Å². The first-order chi connectivity index (χ1) is 4.61. The number of aryl methyl sites for hydroxylation is 2. The molecule has 0 saturated carbocycles. The predicted octanol–water partition coefficient (Wildman–Crippen LogP) is 0.566. The van der Waals surface area contributed by atoms with Crippen LogP contribution in [0.25, 0.3) is 0 Å². The maximum absolute atomic E-state index is 6.96. The van der Waals surface area contributed by atoms with E-state index >= 15 is 0 Å². The number of nitrogens with zero attached hydrogens (tertiary/aromatic N) is 2. The van der Waals surface area contributed by atoms with Crippen LogP contribution in [0.4, 0.5) is 0 Å². The van der Waals surface area contributed by atoms with E-state index in [0.29, 0.717) is 0 Å². The molecule has 1 heterocycles. The molecule has 0 unspecified atom stereocenters. The standard InChI is InChI=1S/C6H9N4/c1-4-3-5(2)10(9-4)6(7)8/h3,7-8H,1-2H3. The molecule has 4 nitrogen and oxygen atoms in total. The molecule has 0 aromatic carbocycles. The van der Waals surface area contributed by atoms with Crippen molar-refractivity contribution in [2.24, 2.45) is 0 Å². The molecule has 0 amide bonds. The second-order valence-corrected chi connectivity index (χ2v) is 2.19. The Kier molecular flexibility index (Phi) is 1.45. The van der Waals surface area contributed by atoms with E-state index < -0.39 is 0 Å². The lowest BCUT2D eigenvalue weighted by atomic mass is 10.4. The molecule has 0 fully saturated rings. The lowest BCUT2D eigenvalue weighted by Crippen LogP contribution is -2.14. The molecule has 0 bridgehead atoms. The lowest BCUT2D eigenvalue weighted by molar-refractivity contribution is 0.859. The maximum Gasteiger partial charge on any atom is 0.235 e. The summed E-state index contributed by atoms with van der Waals surface area (Å²) in [4.78, 5) is 0. The van der Waals surface area contributed by atoms with Gasteiger partial charge in [-0.1, -0.05) is 0 Å². The summed E-state index contributed by atoms with van der Waals surface area (Å²) in [5.41, 5.74) is 8.63. The van der Waals surface area contributed by atoms with Crippen LogP contribution in [0.15, 0.2) is 6.07 Å². The van der Waals surface area contributed by atoms with Crippen LogP contribution in [-0.4, -0.2) is 15.7 Å². The van der Waals surface area contributed by atoms with Crippen molar-refractivity contribution in [3.8, 4) is 0 Å². The minimum absolute atomic E-state index is 0.286. The summed E-state index contributed by atoms with van der Waals surface area (Å²) < 4.78 is 1.29. The first kappa shape index (κ1) is 6.80. The third kappa shape index (κ3) is 1.00. The summed E-state index contributed by atoms with van der Waals surface area (Å²) in [5.74, 6) is -0.286. The van der Waals surface area contributed by atoms with Crippen molar-refractivity contribution in [2.45, 2.75) is 13.8 Å². The van der Waals surface area contributed by atoms with Gasteiger partial charge < -0.3 is 0 Å². The molecule has 0 aliphatic rings. The molecular formula is C6H9N4. The highest BCUT2D eigenvalue weighted by Gasteiger charge is 2.01. The van der Waals surface area contributed by atoms with Gasteiger partial charge in [0.15, 0.2) is 0 Å². The fourth-order valence-electron chi connectivity index (χ4n) is 0.855. The molecule has 0 atom stereocenters. The van der Waals surface area contributed by atoms with Crippen LogP contribution >= 0.6 is 0 Å². The number of nitrogens with one attached hydrogen (secondary N) is 2. The van der Waals surface area contributed by atoms with E-state index in [0.717, 1.165) is 11.4 Å². The first-order valence-corrected chi connectivity index (χ1v) is 2.95. The van der Waals surface area contributed by atoms with E-state index in [1.165, 1.54) is 4.68 Å². The van der Waals surface area contributed by atoms with E-state index in [9.17, 15) is 0 Å². The van der Waals surface area contributed by atoms with E-state index in [1.807, 2.05) is 19.9 Å². The quantitative estimate of drug-likeness (QED) is 0.412. The van der Waals surface area contributed by atoms with Crippen LogP contribution in [0.3, 0.4) is 0 Å². The van der Waals surface area contributed by atoms with Gasteiger partial charge in [0, 0.05) is 5.69 Å². The van der Waals surface area contributed by atoms with Crippen LogP contribution in [0.1, 0.15) is 11.4 Å². The van der Waals surface area contributed by atoms with Crippen molar-refractivity contribution in [1.29, 1.82) is 5.41 Å². The molecule has 0 aliphatic heterocycles. The third-order valence-corrected chi connectivity index (χ3v) is 1.22. The Bertz CT molecular complexity index is 261. The average Bonchev–Trinajstić information content (AvgIpc) is 2.10. The molecular weight excluding hydrogens is 128 g/mol. The van der Waals surface area contributed by atoms with Crippen LogP contribution in [0.2, 0.25) is 0 Å². The molecule has 1 rings (SSSR count). The van der Waals surface area contributed by atoms with Gasteiger partial charge in [-0.2, -0.15) is 5.10 Å². The third-order valence-electron chi connectivity index (χ3n) is 1.22. The zero-order chi connectivity index (χ0) is 7.72. The fourth-order valence-corrected chi connectivity index (χ4v) is 0.855. The average molecular weight is 137 g/mol. The highest BCUT2D eigenvalue weighted by Crippen LogP contribution is 1.99. The highest BCUT2D eigenvalue weighted by atomic mass is 15.3. The van der Waals surface area contributed by atoms with Gasteiger partial charge in [0.2, 0.25) is 5.96 Å². The van der Waals surface area contributed by atoms with Gasteiger partial charge in [-0.15, -0.1) is 0 Å². The van der Waals surface area contributed by atoms with Gasteiger partial charge in [-0.25, -0.2) is 4.68 Å². The van der Waals surface area contributed by atoms with E-state index in [-0.39, 0.29) is 5.96 Å². The van der Waals surface area contributed by atoms with E-state index in [2.05, 4.69) is 5.10 Å². The van der Waals surface area contributed by atoms with Crippen molar-refractivity contribution in [2.75, 3.05) is 0 Å². The number of aromatic nitrogens is 2. The van der Waals surface area contributed by atoms with Gasteiger partial charge in [0.05, 0.1) is 5.69 Å². The number of hydrogen-bond donors (Lipinski definition) is 1. The number of hydrogen-bond acceptors (Lipinski definition) is 2. The summed E-state index contributed by atoms with van der Waals surface area (Å²) in [6.07, 6.45) is 0. The molecule has 1 radical (unpaired) electrons. The molecule has 4 heteroatoms. The summed E-state index contributed by atoms with van der Waals surface area (Å²) in [6.45, 7) is 3.66. The first-order valence-electron chi connectivity index (χ1n) is 2.95. The SMILES string of the molecule is Cc1cc(C)n(C([NH])=N)n1. The van der Waals surface area contributed by atoms with Crippen LogP contribution in [0.5, 0.6) is 0 Å². The van der Waals surface area contributed by atoms with Crippen LogP contribution in [-0.2, 0) is 0 Å². The van der Waals surface area contributed by atoms with Crippen LogP contribution < -0.4 is 5.73 Å². The zero-order valence-electron chi connectivity index (χ0n) is 5.97. The molecule has 0 saturated heterocycles. The predicted molar refractivity (Wildman–Crippen MR) is 37.9 cm³/mol. The zero-order valence-corrected chi connectivity index (χ0v) is 5.97. The second-order valence-electron chi connectivity index (χ2n) is 2.19. The molecule has 0 spiro atoms. The van der Waals surface area contributed by atoms with Crippen molar-refractivity contribution in [1.82, 2.24) is 15.5 Å². The Morgan fingerprint density at radius 2 is 2.20 bits per heavy atom. The van der Waals surface area contributed by atoms with Crippen LogP contribution in [0, 0.1) is 19.3 Å². The normalized spacial score (nSPS) is 9.80. The van der Waals surface area contributed by atoms with Crippen molar-refractivity contribution < 1.29 is 0 Å². The minimum atomic E-state index is -0.286. The number of rotatable bonds is 0. The second kappa shape index (κ2) is 2.13. The molecule has 0 aliphatic carbocycles. The maximum atomic E-state index is 6.96. The molecule has 2 N–H and O–H groups in total. The largest absolute Gasteiger partial charge is 0.266 e. The Morgan fingerprint density at radius 1 is 1.60 bits per heavy atom. The Morgan fingerprint density at radius 3 is 2.40 bits per heavy atom. The van der Waals surface area contributed by atoms with Crippen molar-refractivity contribution in [3.05, 3.63) is 17.5 Å². The summed E-state index contributed by atoms with van der Waals surface area (Å²) in [5, 5.41) is 10.9. The van der Waals surface area contributed by atoms with E-state index in [1.54, 1.807) is 0 Å². The van der Waals surface area contributed by atoms with Crippen molar-refractivity contribution >= 4 is 5.96 Å².